The Labute approximate surface area is 140 Å². The normalized spacial score (nSPS) is 12.0. The van der Waals surface area contributed by atoms with Gasteiger partial charge in [-0.2, -0.15) is 0 Å². The monoisotopic (exact) mass is 337 g/mol. The summed E-state index contributed by atoms with van der Waals surface area (Å²) in [7, 11) is 0. The van der Waals surface area contributed by atoms with Crippen LogP contribution in [-0.4, -0.2) is 16.7 Å². The summed E-state index contributed by atoms with van der Waals surface area (Å²) in [6, 6.07) is 8.90. The highest BCUT2D eigenvalue weighted by Gasteiger charge is 2.18. The predicted octanol–water partition coefficient (Wildman–Crippen LogP) is 4.56. The fourth-order valence-electron chi connectivity index (χ4n) is 2.13. The van der Waals surface area contributed by atoms with Gasteiger partial charge in [0, 0.05) is 28.2 Å². The third-order valence-electron chi connectivity index (χ3n) is 3.23. The average Bonchev–Trinajstić information content (AvgIpc) is 2.50. The molecular formula is C17H17Cl2NO2. The molecule has 0 bridgehead atoms. The smallest absolute Gasteiger partial charge is 0.137 e. The molecule has 1 atom stereocenters. The van der Waals surface area contributed by atoms with Gasteiger partial charge in [0.2, 0.25) is 0 Å². The molecule has 0 radical (unpaired) electrons. The third-order valence-corrected chi connectivity index (χ3v) is 3.81. The van der Waals surface area contributed by atoms with Crippen molar-refractivity contribution in [3.05, 3.63) is 75.7 Å². The van der Waals surface area contributed by atoms with E-state index < -0.39 is 6.10 Å². The molecule has 1 aromatic heterocycles. The van der Waals surface area contributed by atoms with Crippen molar-refractivity contribution in [1.29, 1.82) is 0 Å². The van der Waals surface area contributed by atoms with E-state index in [1.54, 1.807) is 30.5 Å². The number of hydrogen-bond acceptors (Lipinski definition) is 3. The van der Waals surface area contributed by atoms with Gasteiger partial charge >= 0.3 is 0 Å². The van der Waals surface area contributed by atoms with E-state index in [4.69, 9.17) is 27.9 Å². The molecule has 0 saturated heterocycles. The first-order chi connectivity index (χ1) is 10.5. The number of aromatic nitrogens is 1. The van der Waals surface area contributed by atoms with E-state index in [1.807, 2.05) is 13.0 Å². The van der Waals surface area contributed by atoms with Crippen molar-refractivity contribution in [2.24, 2.45) is 0 Å². The molecule has 5 heteroatoms. The van der Waals surface area contributed by atoms with Gasteiger partial charge in [0.1, 0.15) is 11.9 Å². The van der Waals surface area contributed by atoms with Gasteiger partial charge in [0.25, 0.3) is 0 Å². The lowest BCUT2D eigenvalue weighted by molar-refractivity contribution is 0.109. The molecule has 1 aromatic carbocycles. The van der Waals surface area contributed by atoms with Gasteiger partial charge in [-0.25, -0.2) is 0 Å². The van der Waals surface area contributed by atoms with Crippen molar-refractivity contribution in [3.8, 4) is 0 Å². The first kappa shape index (κ1) is 16.8. The Morgan fingerprint density at radius 2 is 2.14 bits per heavy atom. The molecule has 0 spiro atoms. The van der Waals surface area contributed by atoms with Crippen molar-refractivity contribution in [1.82, 2.24) is 4.98 Å². The van der Waals surface area contributed by atoms with E-state index in [9.17, 15) is 5.11 Å². The molecule has 1 N–H and O–H groups in total. The minimum absolute atomic E-state index is 0.305. The van der Waals surface area contributed by atoms with E-state index in [-0.39, 0.29) is 0 Å². The molecule has 2 rings (SSSR count). The largest absolute Gasteiger partial charge is 0.496 e. The maximum Gasteiger partial charge on any atom is 0.137 e. The van der Waals surface area contributed by atoms with Crippen LogP contribution in [0, 0.1) is 0 Å². The molecule has 0 aliphatic rings. The number of aliphatic hydroxyl groups is 1. The number of pyridine rings is 1. The Balaban J connectivity index is 2.30. The van der Waals surface area contributed by atoms with Gasteiger partial charge in [0.05, 0.1) is 12.3 Å². The van der Waals surface area contributed by atoms with E-state index in [0.29, 0.717) is 34.4 Å². The highest BCUT2D eigenvalue weighted by Crippen LogP contribution is 2.28. The minimum Gasteiger partial charge on any atom is -0.496 e. The molecule has 0 fully saturated rings. The van der Waals surface area contributed by atoms with Crippen LogP contribution in [0.1, 0.15) is 29.8 Å². The molecule has 0 aliphatic heterocycles. The van der Waals surface area contributed by atoms with Gasteiger partial charge in [-0.15, -0.1) is 0 Å². The number of rotatable bonds is 6. The maximum atomic E-state index is 10.4. The first-order valence-corrected chi connectivity index (χ1v) is 7.66. The number of ether oxygens (including phenoxy) is 1. The lowest BCUT2D eigenvalue weighted by Crippen LogP contribution is -2.09. The van der Waals surface area contributed by atoms with Crippen molar-refractivity contribution < 1.29 is 9.84 Å². The van der Waals surface area contributed by atoms with E-state index in [2.05, 4.69) is 11.6 Å². The highest BCUT2D eigenvalue weighted by atomic mass is 35.5. The summed E-state index contributed by atoms with van der Waals surface area (Å²) in [4.78, 5) is 4.35. The molecule has 0 amide bonds. The maximum absolute atomic E-state index is 10.4. The van der Waals surface area contributed by atoms with Crippen molar-refractivity contribution in [2.45, 2.75) is 19.4 Å². The molecule has 0 aliphatic carbocycles. The second kappa shape index (κ2) is 7.63. The second-order valence-corrected chi connectivity index (χ2v) is 5.60. The van der Waals surface area contributed by atoms with Crippen LogP contribution in [-0.2, 0) is 11.2 Å². The zero-order valence-electron chi connectivity index (χ0n) is 12.2. The molecule has 0 saturated carbocycles. The molecule has 3 nitrogen and oxygen atoms in total. The van der Waals surface area contributed by atoms with Crippen LogP contribution in [0.2, 0.25) is 10.0 Å². The fraction of sp³-hybridized carbons (Fsp3) is 0.235. The van der Waals surface area contributed by atoms with E-state index in [0.717, 1.165) is 11.3 Å². The Morgan fingerprint density at radius 1 is 1.36 bits per heavy atom. The highest BCUT2D eigenvalue weighted by molar-refractivity contribution is 6.35. The summed E-state index contributed by atoms with van der Waals surface area (Å²) in [5, 5.41) is 11.5. The number of benzene rings is 1. The molecule has 1 heterocycles. The first-order valence-electron chi connectivity index (χ1n) is 6.90. The summed E-state index contributed by atoms with van der Waals surface area (Å²) in [6.07, 6.45) is 1.25. The van der Waals surface area contributed by atoms with Crippen LogP contribution in [0.25, 0.3) is 0 Å². The van der Waals surface area contributed by atoms with Crippen LogP contribution < -0.4 is 0 Å². The SMILES string of the molecule is C=C(OCC)C(O)c1cccnc1Cc1ccc(Cl)cc1Cl. The Bertz CT molecular complexity index is 673. The Morgan fingerprint density at radius 3 is 2.82 bits per heavy atom. The summed E-state index contributed by atoms with van der Waals surface area (Å²) < 4.78 is 5.29. The van der Waals surface area contributed by atoms with Crippen molar-refractivity contribution >= 4 is 23.2 Å². The van der Waals surface area contributed by atoms with Gasteiger partial charge in [-0.05, 0) is 30.7 Å². The second-order valence-electron chi connectivity index (χ2n) is 4.75. The quantitative estimate of drug-likeness (QED) is 0.785. The predicted molar refractivity (Wildman–Crippen MR) is 89.2 cm³/mol. The van der Waals surface area contributed by atoms with Gasteiger partial charge < -0.3 is 9.84 Å². The average molecular weight is 338 g/mol. The lowest BCUT2D eigenvalue weighted by Gasteiger charge is -2.17. The van der Waals surface area contributed by atoms with Gasteiger partial charge in [0.15, 0.2) is 0 Å². The number of hydrogen-bond donors (Lipinski definition) is 1. The van der Waals surface area contributed by atoms with Gasteiger partial charge in [-0.3, -0.25) is 4.98 Å². The van der Waals surface area contributed by atoms with Crippen molar-refractivity contribution in [2.75, 3.05) is 6.61 Å². The van der Waals surface area contributed by atoms with E-state index in [1.165, 1.54) is 0 Å². The van der Waals surface area contributed by atoms with Crippen LogP contribution in [0.4, 0.5) is 0 Å². The van der Waals surface area contributed by atoms with Gasteiger partial charge in [-0.1, -0.05) is 41.9 Å². The molecule has 116 valence electrons. The van der Waals surface area contributed by atoms with Crippen molar-refractivity contribution in [3.63, 3.8) is 0 Å². The number of halogens is 2. The minimum atomic E-state index is -0.922. The molecule has 1 unspecified atom stereocenters. The summed E-state index contributed by atoms with van der Waals surface area (Å²) in [5.74, 6) is 0.305. The van der Waals surface area contributed by atoms with E-state index >= 15 is 0 Å². The summed E-state index contributed by atoms with van der Waals surface area (Å²) >= 11 is 12.1. The Kier molecular flexibility index (Phi) is 5.83. The van der Waals surface area contributed by atoms with Crippen LogP contribution in [0.5, 0.6) is 0 Å². The fourth-order valence-corrected chi connectivity index (χ4v) is 2.61. The zero-order chi connectivity index (χ0) is 16.1. The standard InChI is InChI=1S/C17H17Cl2NO2/c1-3-22-11(2)17(21)14-5-4-8-20-16(14)9-12-6-7-13(18)10-15(12)19/h4-8,10,17,21H,2-3,9H2,1H3. The van der Waals surface area contributed by atoms with Crippen LogP contribution in [0.15, 0.2) is 48.9 Å². The van der Waals surface area contributed by atoms with Crippen LogP contribution in [0.3, 0.4) is 0 Å². The lowest BCUT2D eigenvalue weighted by atomic mass is 10.0. The summed E-state index contributed by atoms with van der Waals surface area (Å²) in [6.45, 7) is 6.05. The molecule has 2 aromatic rings. The molecule has 22 heavy (non-hydrogen) atoms. The van der Waals surface area contributed by atoms with Crippen LogP contribution >= 0.6 is 23.2 Å². The third kappa shape index (κ3) is 4.01. The Hall–Kier alpha value is -1.55. The number of nitrogens with zero attached hydrogens (tertiary/aromatic N) is 1. The number of aliphatic hydroxyl groups excluding tert-OH is 1. The topological polar surface area (TPSA) is 42.4 Å². The summed E-state index contributed by atoms with van der Waals surface area (Å²) in [5.41, 5.74) is 2.27. The zero-order valence-corrected chi connectivity index (χ0v) is 13.7. The molecular weight excluding hydrogens is 321 g/mol.